The van der Waals surface area contributed by atoms with Crippen molar-refractivity contribution in [3.63, 3.8) is 0 Å². The molecule has 1 aliphatic heterocycles. The summed E-state index contributed by atoms with van der Waals surface area (Å²) in [5, 5.41) is 63.8. The van der Waals surface area contributed by atoms with Crippen molar-refractivity contribution >= 4 is 5.97 Å². The first kappa shape index (κ1) is 33.8. The monoisotopic (exact) mass is 634 g/mol. The molecule has 9 nitrogen and oxygen atoms in total. The molecule has 10 unspecified atom stereocenters. The molecule has 0 aromatic rings. The van der Waals surface area contributed by atoms with Gasteiger partial charge in [0.2, 0.25) is 0 Å². The third-order valence-corrected chi connectivity index (χ3v) is 15.2. The first-order chi connectivity index (χ1) is 20.8. The highest BCUT2D eigenvalue weighted by atomic mass is 16.7. The van der Waals surface area contributed by atoms with Gasteiger partial charge >= 0.3 is 5.97 Å². The van der Waals surface area contributed by atoms with E-state index in [-0.39, 0.29) is 45.5 Å². The number of fused-ring (bicyclic) bond motifs is 7. The largest absolute Gasteiger partial charge is 0.481 e. The number of ether oxygens (including phenoxy) is 2. The van der Waals surface area contributed by atoms with Gasteiger partial charge in [0.05, 0.1) is 24.2 Å². The van der Waals surface area contributed by atoms with E-state index in [2.05, 4.69) is 54.5 Å². The predicted octanol–water partition coefficient (Wildman–Crippen LogP) is 4.03. The molecule has 9 heteroatoms. The number of hydrogen-bond donors (Lipinski definition) is 6. The minimum Gasteiger partial charge on any atom is -0.481 e. The van der Waals surface area contributed by atoms with Gasteiger partial charge in [0, 0.05) is 5.41 Å². The molecule has 4 saturated carbocycles. The lowest BCUT2D eigenvalue weighted by Gasteiger charge is -2.72. The molecule has 0 aromatic heterocycles. The first-order valence-corrected chi connectivity index (χ1v) is 17.4. The minimum atomic E-state index is -1.48. The molecular weight excluding hydrogens is 576 g/mol. The Balaban J connectivity index is 1.31. The van der Waals surface area contributed by atoms with Crippen molar-refractivity contribution in [2.75, 3.05) is 6.61 Å². The number of carbonyl (C=O) groups is 1. The standard InChI is InChI=1S/C36H58O9/c1-31(2)14-15-36(30(42)43)17-24(38)35(7)19(20(36)16-31)8-9-23-33(5)12-11-25(32(3,4)22(33)10-13-34(23,35)6)45-29-28(41)27(40)26(39)21(18-37)44-29/h8,20-29,37-41H,9-18H2,1-7H3,(H,42,43)/t20?,21-,22?,23?,24?,25?,26-,27+,28-,29?,33?,34?,35?,36?/m1/s1. The average Bonchev–Trinajstić information content (AvgIpc) is 2.95. The molecule has 0 amide bonds. The van der Waals surface area contributed by atoms with Crippen molar-refractivity contribution in [3.8, 4) is 0 Å². The van der Waals surface area contributed by atoms with Gasteiger partial charge in [0.15, 0.2) is 6.29 Å². The van der Waals surface area contributed by atoms with Gasteiger partial charge in [-0.05, 0) is 97.2 Å². The van der Waals surface area contributed by atoms with Crippen LogP contribution >= 0.6 is 0 Å². The van der Waals surface area contributed by atoms with Crippen LogP contribution in [0.1, 0.15) is 106 Å². The Kier molecular flexibility index (Phi) is 8.05. The van der Waals surface area contributed by atoms with Gasteiger partial charge in [-0.3, -0.25) is 4.79 Å². The molecule has 0 aromatic carbocycles. The molecule has 45 heavy (non-hydrogen) atoms. The maximum atomic E-state index is 13.0. The van der Waals surface area contributed by atoms with Crippen LogP contribution in [0.4, 0.5) is 0 Å². The maximum absolute atomic E-state index is 13.0. The van der Waals surface area contributed by atoms with Crippen molar-refractivity contribution in [2.24, 2.45) is 50.2 Å². The van der Waals surface area contributed by atoms with E-state index in [1.807, 2.05) is 0 Å². The van der Waals surface area contributed by atoms with E-state index in [4.69, 9.17) is 9.47 Å². The zero-order valence-corrected chi connectivity index (χ0v) is 28.3. The normalized spacial score (nSPS) is 53.6. The summed E-state index contributed by atoms with van der Waals surface area (Å²) in [6.07, 6.45) is 1.75. The van der Waals surface area contributed by atoms with Gasteiger partial charge in [-0.1, -0.05) is 60.1 Å². The summed E-state index contributed by atoms with van der Waals surface area (Å²) in [5.41, 5.74) is -0.774. The summed E-state index contributed by atoms with van der Waals surface area (Å²) in [7, 11) is 0. The fourth-order valence-corrected chi connectivity index (χ4v) is 12.3. The van der Waals surface area contributed by atoms with Crippen LogP contribution < -0.4 is 0 Å². The van der Waals surface area contributed by atoms with Crippen LogP contribution in [-0.2, 0) is 14.3 Å². The highest BCUT2D eigenvalue weighted by Crippen LogP contribution is 2.76. The van der Waals surface area contributed by atoms with E-state index in [9.17, 15) is 35.4 Å². The number of rotatable bonds is 4. The molecule has 1 heterocycles. The van der Waals surface area contributed by atoms with Crippen LogP contribution in [-0.4, -0.2) is 86.1 Å². The van der Waals surface area contributed by atoms with Crippen molar-refractivity contribution < 1.29 is 44.9 Å². The Bertz CT molecular complexity index is 1210. The molecule has 0 radical (unpaired) electrons. The quantitative estimate of drug-likeness (QED) is 0.199. The molecule has 5 fully saturated rings. The second kappa shape index (κ2) is 10.7. The van der Waals surface area contributed by atoms with Gasteiger partial charge in [0.25, 0.3) is 0 Å². The third kappa shape index (κ3) is 4.54. The van der Waals surface area contributed by atoms with Crippen molar-refractivity contribution in [1.82, 2.24) is 0 Å². The van der Waals surface area contributed by atoms with E-state index in [1.54, 1.807) is 0 Å². The summed E-state index contributed by atoms with van der Waals surface area (Å²) in [4.78, 5) is 13.0. The second-order valence-electron chi connectivity index (χ2n) is 17.9. The van der Waals surface area contributed by atoms with Crippen LogP contribution in [0, 0.1) is 50.2 Å². The second-order valence-corrected chi connectivity index (χ2v) is 17.9. The number of aliphatic hydroxyl groups is 5. The highest BCUT2D eigenvalue weighted by Gasteiger charge is 2.71. The Hall–Kier alpha value is -1.07. The molecule has 0 spiro atoms. The summed E-state index contributed by atoms with van der Waals surface area (Å²) in [6, 6.07) is 0. The van der Waals surface area contributed by atoms with Crippen LogP contribution in [0.2, 0.25) is 0 Å². The summed E-state index contributed by atoms with van der Waals surface area (Å²) in [5.74, 6) is -0.270. The van der Waals surface area contributed by atoms with E-state index < -0.39 is 60.2 Å². The number of carboxylic acid groups (broad SMARTS) is 1. The number of carboxylic acids is 1. The lowest BCUT2D eigenvalue weighted by Crippen LogP contribution is -2.68. The van der Waals surface area contributed by atoms with Gasteiger partial charge in [-0.2, -0.15) is 0 Å². The molecule has 5 aliphatic carbocycles. The van der Waals surface area contributed by atoms with Crippen molar-refractivity contribution in [1.29, 1.82) is 0 Å². The van der Waals surface area contributed by atoms with E-state index in [1.165, 1.54) is 5.57 Å². The number of aliphatic hydroxyl groups excluding tert-OH is 5. The van der Waals surface area contributed by atoms with Crippen LogP contribution in [0.5, 0.6) is 0 Å². The fraction of sp³-hybridized carbons (Fsp3) is 0.917. The summed E-state index contributed by atoms with van der Waals surface area (Å²) in [6.45, 7) is 15.5. The van der Waals surface area contributed by atoms with E-state index >= 15 is 0 Å². The minimum absolute atomic E-state index is 0.0540. The van der Waals surface area contributed by atoms with Crippen LogP contribution in [0.3, 0.4) is 0 Å². The Morgan fingerprint density at radius 1 is 0.889 bits per heavy atom. The van der Waals surface area contributed by atoms with Gasteiger partial charge in [-0.25, -0.2) is 0 Å². The first-order valence-electron chi connectivity index (χ1n) is 17.4. The Morgan fingerprint density at radius 2 is 1.58 bits per heavy atom. The van der Waals surface area contributed by atoms with E-state index in [0.717, 1.165) is 44.9 Å². The zero-order valence-electron chi connectivity index (χ0n) is 28.3. The molecular formula is C36H58O9. The number of hydrogen-bond acceptors (Lipinski definition) is 8. The van der Waals surface area contributed by atoms with Crippen molar-refractivity contribution in [2.45, 2.75) is 149 Å². The van der Waals surface area contributed by atoms with E-state index in [0.29, 0.717) is 12.8 Å². The molecule has 256 valence electrons. The molecule has 6 aliphatic rings. The molecule has 1 saturated heterocycles. The molecule has 6 rings (SSSR count). The lowest BCUT2D eigenvalue weighted by atomic mass is 9.33. The third-order valence-electron chi connectivity index (χ3n) is 15.2. The van der Waals surface area contributed by atoms with Crippen LogP contribution in [0.15, 0.2) is 11.6 Å². The summed E-state index contributed by atoms with van der Waals surface area (Å²) >= 11 is 0. The zero-order chi connectivity index (χ0) is 33.1. The fourth-order valence-electron chi connectivity index (χ4n) is 12.3. The van der Waals surface area contributed by atoms with Gasteiger partial charge in [-0.15, -0.1) is 0 Å². The Morgan fingerprint density at radius 3 is 2.22 bits per heavy atom. The smallest absolute Gasteiger partial charge is 0.310 e. The number of allylic oxidation sites excluding steroid dienone is 1. The lowest BCUT2D eigenvalue weighted by molar-refractivity contribution is -0.330. The Labute approximate surface area is 268 Å². The van der Waals surface area contributed by atoms with Crippen molar-refractivity contribution in [3.05, 3.63) is 11.6 Å². The van der Waals surface area contributed by atoms with Gasteiger partial charge in [0.1, 0.15) is 24.4 Å². The SMILES string of the molecule is CC1(C)CCC2(C(=O)O)CC(O)C3(C)C(=CCC4C5(C)CCC(OC6O[C@H](CO)[C@@H](O)[C@H](O)[C@H]6O)C(C)(C)C5CCC43C)C2C1. The predicted molar refractivity (Wildman–Crippen MR) is 167 cm³/mol. The topological polar surface area (TPSA) is 157 Å². The van der Waals surface area contributed by atoms with Crippen LogP contribution in [0.25, 0.3) is 0 Å². The summed E-state index contributed by atoms with van der Waals surface area (Å²) < 4.78 is 12.2. The maximum Gasteiger partial charge on any atom is 0.310 e. The average molecular weight is 635 g/mol. The van der Waals surface area contributed by atoms with Gasteiger partial charge < -0.3 is 40.1 Å². The highest BCUT2D eigenvalue weighted by molar-refractivity contribution is 5.77. The molecule has 14 atom stereocenters. The number of aliphatic carboxylic acids is 1. The molecule has 0 bridgehead atoms. The molecule has 6 N–H and O–H groups in total.